The summed E-state index contributed by atoms with van der Waals surface area (Å²) in [5.41, 5.74) is 4.22. The lowest BCUT2D eigenvalue weighted by atomic mass is 9.97. The van der Waals surface area contributed by atoms with E-state index in [4.69, 9.17) is 21.4 Å². The quantitative estimate of drug-likeness (QED) is 0.488. The maximum atomic E-state index is 13.1. The fraction of sp³-hybridized carbons (Fsp3) is 0.280. The number of carboxylic acids is 1. The Morgan fingerprint density at radius 2 is 2.00 bits per heavy atom. The Bertz CT molecular complexity index is 1260. The van der Waals surface area contributed by atoms with Crippen LogP contribution in [0.4, 0.5) is 0 Å². The lowest BCUT2D eigenvalue weighted by Gasteiger charge is -2.23. The third-order valence-corrected chi connectivity index (χ3v) is 5.96. The van der Waals surface area contributed by atoms with E-state index in [0.717, 1.165) is 27.7 Å². The molecule has 2 heterocycles. The zero-order valence-electron chi connectivity index (χ0n) is 18.4. The van der Waals surface area contributed by atoms with Crippen LogP contribution in [0.2, 0.25) is 5.15 Å². The number of amides is 1. The van der Waals surface area contributed by atoms with Crippen molar-refractivity contribution in [3.05, 3.63) is 70.4 Å². The normalized spacial score (nSPS) is 15.5. The summed E-state index contributed by atoms with van der Waals surface area (Å²) in [4.78, 5) is 28.5. The number of nitrogens with zero attached hydrogens (tertiary/aromatic N) is 3. The van der Waals surface area contributed by atoms with Gasteiger partial charge in [-0.15, -0.1) is 0 Å². The summed E-state index contributed by atoms with van der Waals surface area (Å²) in [6.45, 7) is 2.00. The average molecular weight is 466 g/mol. The molecule has 1 N–H and O–H groups in total. The molecular weight excluding hydrogens is 442 g/mol. The molecule has 0 spiro atoms. The Morgan fingerprint density at radius 3 is 2.73 bits per heavy atom. The number of hydrogen-bond acceptors (Lipinski definition) is 5. The minimum absolute atomic E-state index is 0.0726. The number of halogens is 1. The van der Waals surface area contributed by atoms with Crippen LogP contribution in [0.5, 0.6) is 5.75 Å². The summed E-state index contributed by atoms with van der Waals surface area (Å²) in [7, 11) is 1.60. The smallest absolute Gasteiger partial charge is 0.303 e. The Labute approximate surface area is 196 Å². The van der Waals surface area contributed by atoms with Crippen molar-refractivity contribution in [1.29, 1.82) is 0 Å². The van der Waals surface area contributed by atoms with E-state index in [1.54, 1.807) is 7.11 Å². The highest BCUT2D eigenvalue weighted by Gasteiger charge is 2.34. The molecule has 7 nitrogen and oxygen atoms in total. The first-order valence-electron chi connectivity index (χ1n) is 10.7. The molecule has 1 amide bonds. The molecule has 1 unspecified atom stereocenters. The molecule has 0 saturated carbocycles. The van der Waals surface area contributed by atoms with Gasteiger partial charge in [0.25, 0.3) is 0 Å². The zero-order chi connectivity index (χ0) is 23.5. The van der Waals surface area contributed by atoms with Crippen LogP contribution in [0.25, 0.3) is 10.9 Å². The number of rotatable bonds is 7. The second-order valence-electron chi connectivity index (χ2n) is 8.05. The maximum Gasteiger partial charge on any atom is 0.303 e. The van der Waals surface area contributed by atoms with Crippen molar-refractivity contribution in [2.24, 2.45) is 5.10 Å². The number of hydrogen-bond donors (Lipinski definition) is 1. The fourth-order valence-corrected chi connectivity index (χ4v) is 4.27. The van der Waals surface area contributed by atoms with Gasteiger partial charge in [-0.3, -0.25) is 9.59 Å². The number of carboxylic acid groups (broad SMARTS) is 1. The summed E-state index contributed by atoms with van der Waals surface area (Å²) < 4.78 is 5.33. The van der Waals surface area contributed by atoms with Crippen molar-refractivity contribution in [3.63, 3.8) is 0 Å². The largest absolute Gasteiger partial charge is 0.497 e. The summed E-state index contributed by atoms with van der Waals surface area (Å²) in [5, 5.41) is 16.2. The van der Waals surface area contributed by atoms with E-state index in [0.29, 0.717) is 22.9 Å². The number of hydrazone groups is 1. The first-order valence-corrected chi connectivity index (χ1v) is 11.1. The number of benzene rings is 2. The lowest BCUT2D eigenvalue weighted by molar-refractivity contribution is -0.137. The molecule has 0 saturated heterocycles. The molecule has 0 bridgehead atoms. The van der Waals surface area contributed by atoms with Gasteiger partial charge in [0.15, 0.2) is 0 Å². The highest BCUT2D eigenvalue weighted by molar-refractivity contribution is 6.30. The summed E-state index contributed by atoms with van der Waals surface area (Å²) >= 11 is 6.58. The molecule has 1 aliphatic heterocycles. The van der Waals surface area contributed by atoms with Crippen LogP contribution >= 0.6 is 11.6 Å². The molecule has 1 aliphatic rings. The fourth-order valence-electron chi connectivity index (χ4n) is 4.00. The van der Waals surface area contributed by atoms with E-state index in [-0.39, 0.29) is 25.2 Å². The summed E-state index contributed by atoms with van der Waals surface area (Å²) in [6, 6.07) is 15.0. The molecule has 3 aromatic rings. The van der Waals surface area contributed by atoms with Crippen molar-refractivity contribution in [1.82, 2.24) is 9.99 Å². The van der Waals surface area contributed by atoms with Crippen molar-refractivity contribution >= 4 is 40.1 Å². The number of aryl methyl sites for hydroxylation is 1. The highest BCUT2D eigenvalue weighted by atomic mass is 35.5. The van der Waals surface area contributed by atoms with Gasteiger partial charge in [0.05, 0.1) is 24.4 Å². The van der Waals surface area contributed by atoms with Crippen LogP contribution in [-0.2, 0) is 9.59 Å². The number of carbonyl (C=O) groups is 2. The van der Waals surface area contributed by atoms with E-state index in [1.807, 2.05) is 55.5 Å². The molecule has 1 atom stereocenters. The van der Waals surface area contributed by atoms with Gasteiger partial charge in [0, 0.05) is 30.2 Å². The zero-order valence-corrected chi connectivity index (χ0v) is 19.2. The molecule has 170 valence electrons. The first-order chi connectivity index (χ1) is 15.9. The molecule has 8 heteroatoms. The molecule has 0 fully saturated rings. The van der Waals surface area contributed by atoms with Crippen LogP contribution in [0.3, 0.4) is 0 Å². The van der Waals surface area contributed by atoms with Crippen molar-refractivity contribution in [2.45, 2.75) is 38.6 Å². The van der Waals surface area contributed by atoms with E-state index in [2.05, 4.69) is 10.1 Å². The minimum Gasteiger partial charge on any atom is -0.497 e. The number of ether oxygens (including phenoxy) is 1. The Kier molecular flexibility index (Phi) is 6.60. The van der Waals surface area contributed by atoms with Crippen molar-refractivity contribution in [3.8, 4) is 5.75 Å². The van der Waals surface area contributed by atoms with Crippen LogP contribution < -0.4 is 4.74 Å². The van der Waals surface area contributed by atoms with Gasteiger partial charge >= 0.3 is 5.97 Å². The number of methoxy groups -OCH3 is 1. The molecule has 0 aliphatic carbocycles. The second-order valence-corrected chi connectivity index (χ2v) is 8.41. The molecule has 2 aromatic carbocycles. The van der Waals surface area contributed by atoms with Gasteiger partial charge in [0.2, 0.25) is 5.91 Å². The Hall–Kier alpha value is -3.45. The predicted octanol–water partition coefficient (Wildman–Crippen LogP) is 5.14. The SMILES string of the molecule is COc1ccc2nc(Cl)c(C3CC(c4cccc(C)c4)=NN3C(=O)CCCC(=O)O)cc2c1. The highest BCUT2D eigenvalue weighted by Crippen LogP contribution is 2.38. The van der Waals surface area contributed by atoms with Crippen LogP contribution in [0.1, 0.15) is 48.4 Å². The molecular formula is C25H24ClN3O4. The minimum atomic E-state index is -0.930. The number of pyridine rings is 1. The number of aliphatic carboxylic acids is 1. The van der Waals surface area contributed by atoms with E-state index in [1.165, 1.54) is 5.01 Å². The maximum absolute atomic E-state index is 13.1. The number of fused-ring (bicyclic) bond motifs is 1. The summed E-state index contributed by atoms with van der Waals surface area (Å²) in [6.07, 6.45) is 0.731. The van der Waals surface area contributed by atoms with Crippen molar-refractivity contribution in [2.75, 3.05) is 7.11 Å². The molecule has 0 radical (unpaired) electrons. The molecule has 4 rings (SSSR count). The van der Waals surface area contributed by atoms with Gasteiger partial charge in [-0.05, 0) is 43.2 Å². The van der Waals surface area contributed by atoms with Crippen LogP contribution in [0, 0.1) is 6.92 Å². The standard InChI is InChI=1S/C25H24ClN3O4/c1-15-5-3-6-16(11-15)21-14-22(29(28-21)23(30)7-4-8-24(31)32)19-13-17-12-18(33-2)9-10-20(17)27-25(19)26/h3,5-6,9-13,22H,4,7-8,14H2,1-2H3,(H,31,32). The van der Waals surface area contributed by atoms with Gasteiger partial charge in [0.1, 0.15) is 10.9 Å². The van der Waals surface area contributed by atoms with Gasteiger partial charge < -0.3 is 9.84 Å². The van der Waals surface area contributed by atoms with Crippen LogP contribution in [0.15, 0.2) is 53.6 Å². The number of aromatic nitrogens is 1. The van der Waals surface area contributed by atoms with Gasteiger partial charge in [-0.25, -0.2) is 9.99 Å². The van der Waals surface area contributed by atoms with E-state index >= 15 is 0 Å². The topological polar surface area (TPSA) is 92.1 Å². The monoisotopic (exact) mass is 465 g/mol. The first kappa shape index (κ1) is 22.7. The third kappa shape index (κ3) is 4.98. The van der Waals surface area contributed by atoms with E-state index < -0.39 is 12.0 Å². The molecule has 1 aromatic heterocycles. The second kappa shape index (κ2) is 9.58. The lowest BCUT2D eigenvalue weighted by Crippen LogP contribution is -2.27. The third-order valence-electron chi connectivity index (χ3n) is 5.66. The average Bonchev–Trinajstić information content (AvgIpc) is 3.23. The Morgan fingerprint density at radius 1 is 1.18 bits per heavy atom. The van der Waals surface area contributed by atoms with Gasteiger partial charge in [-0.1, -0.05) is 41.4 Å². The van der Waals surface area contributed by atoms with Crippen molar-refractivity contribution < 1.29 is 19.4 Å². The van der Waals surface area contributed by atoms with E-state index in [9.17, 15) is 9.59 Å². The van der Waals surface area contributed by atoms with Gasteiger partial charge in [-0.2, -0.15) is 5.10 Å². The number of carbonyl (C=O) groups excluding carboxylic acids is 1. The Balaban J connectivity index is 1.72. The summed E-state index contributed by atoms with van der Waals surface area (Å²) in [5.74, 6) is -0.478. The van der Waals surface area contributed by atoms with Crippen LogP contribution in [-0.4, -0.2) is 39.8 Å². The predicted molar refractivity (Wildman–Crippen MR) is 127 cm³/mol. The molecule has 33 heavy (non-hydrogen) atoms.